The molecule has 1 amide bonds. The van der Waals surface area contributed by atoms with Crippen LogP contribution in [0.25, 0.3) is 0 Å². The molecule has 0 saturated carbocycles. The van der Waals surface area contributed by atoms with Crippen molar-refractivity contribution in [2.45, 2.75) is 24.7 Å². The van der Waals surface area contributed by atoms with Gasteiger partial charge in [0.05, 0.1) is 5.69 Å². The number of hydrogen-bond donors (Lipinski definition) is 1. The molecule has 0 aliphatic rings. The van der Waals surface area contributed by atoms with Gasteiger partial charge in [-0.1, -0.05) is 13.8 Å². The number of carbonyl (C=O) groups is 1. The van der Waals surface area contributed by atoms with E-state index in [1.165, 1.54) is 19.0 Å². The Morgan fingerprint density at radius 3 is 2.29 bits per heavy atom. The molecular formula is C9H14ClN3O3S. The second kappa shape index (κ2) is 4.66. The smallest absolute Gasteiger partial charge is 0.275 e. The molecule has 1 rings (SSSR count). The fraction of sp³-hybridized carbons (Fsp3) is 0.556. The van der Waals surface area contributed by atoms with Crippen molar-refractivity contribution < 1.29 is 13.2 Å². The molecule has 0 bridgehead atoms. The second-order valence-electron chi connectivity index (χ2n) is 4.11. The summed E-state index contributed by atoms with van der Waals surface area (Å²) in [5.41, 5.74) is 0.166. The molecule has 1 aromatic rings. The molecule has 6 nitrogen and oxygen atoms in total. The lowest BCUT2D eigenvalue weighted by Gasteiger charge is -2.09. The number of aromatic nitrogens is 2. The zero-order valence-corrected chi connectivity index (χ0v) is 11.6. The molecule has 0 unspecified atom stereocenters. The first kappa shape index (κ1) is 14.0. The van der Waals surface area contributed by atoms with Crippen molar-refractivity contribution in [2.24, 2.45) is 0 Å². The van der Waals surface area contributed by atoms with E-state index < -0.39 is 15.0 Å². The largest absolute Gasteiger partial charge is 0.343 e. The highest BCUT2D eigenvalue weighted by atomic mass is 35.7. The molecule has 0 fully saturated rings. The maximum absolute atomic E-state index is 11.8. The van der Waals surface area contributed by atoms with Crippen LogP contribution in [0.4, 0.5) is 0 Å². The monoisotopic (exact) mass is 279 g/mol. The van der Waals surface area contributed by atoms with Crippen LogP contribution in [0.2, 0.25) is 0 Å². The van der Waals surface area contributed by atoms with E-state index in [0.29, 0.717) is 5.69 Å². The summed E-state index contributed by atoms with van der Waals surface area (Å²) in [5, 5.41) is 6.30. The fourth-order valence-electron chi connectivity index (χ4n) is 1.34. The first-order chi connectivity index (χ1) is 7.66. The maximum atomic E-state index is 11.8. The number of halogens is 1. The molecule has 0 aromatic carbocycles. The molecule has 0 radical (unpaired) electrons. The van der Waals surface area contributed by atoms with Crippen molar-refractivity contribution in [1.29, 1.82) is 0 Å². The first-order valence-electron chi connectivity index (χ1n) is 4.90. The summed E-state index contributed by atoms with van der Waals surface area (Å²) < 4.78 is 23.0. The van der Waals surface area contributed by atoms with Gasteiger partial charge < -0.3 is 4.90 Å². The molecule has 1 aromatic heterocycles. The number of nitrogens with zero attached hydrogens (tertiary/aromatic N) is 2. The highest BCUT2D eigenvalue weighted by Gasteiger charge is 2.30. The van der Waals surface area contributed by atoms with Crippen LogP contribution in [-0.4, -0.2) is 43.5 Å². The number of aromatic amines is 1. The van der Waals surface area contributed by atoms with E-state index in [1.54, 1.807) is 13.8 Å². The van der Waals surface area contributed by atoms with Crippen molar-refractivity contribution in [3.63, 3.8) is 0 Å². The predicted molar refractivity (Wildman–Crippen MR) is 63.7 cm³/mol. The third-order valence-electron chi connectivity index (χ3n) is 2.18. The van der Waals surface area contributed by atoms with Crippen molar-refractivity contribution in [2.75, 3.05) is 14.1 Å². The van der Waals surface area contributed by atoms with E-state index in [2.05, 4.69) is 10.2 Å². The third-order valence-corrected chi connectivity index (χ3v) is 3.54. The van der Waals surface area contributed by atoms with Crippen molar-refractivity contribution >= 4 is 25.6 Å². The average molecular weight is 280 g/mol. The van der Waals surface area contributed by atoms with Gasteiger partial charge in [0, 0.05) is 24.8 Å². The highest BCUT2D eigenvalue weighted by molar-refractivity contribution is 8.13. The minimum absolute atomic E-state index is 0.130. The quantitative estimate of drug-likeness (QED) is 0.842. The standard InChI is InChI=1S/C9H14ClN3O3S/c1-5(2)6-8(17(10,15)16)7(12-11-6)9(14)13(3)4/h5H,1-4H3,(H,11,12). The van der Waals surface area contributed by atoms with Gasteiger partial charge in [-0.05, 0) is 5.92 Å². The van der Waals surface area contributed by atoms with Crippen molar-refractivity contribution in [1.82, 2.24) is 15.1 Å². The number of rotatable bonds is 3. The van der Waals surface area contributed by atoms with E-state index >= 15 is 0 Å². The van der Waals surface area contributed by atoms with Gasteiger partial charge in [0.25, 0.3) is 15.0 Å². The van der Waals surface area contributed by atoms with Crippen LogP contribution in [-0.2, 0) is 9.05 Å². The Hall–Kier alpha value is -1.08. The Morgan fingerprint density at radius 2 is 1.94 bits per heavy atom. The molecule has 1 N–H and O–H groups in total. The van der Waals surface area contributed by atoms with Crippen molar-refractivity contribution in [3.05, 3.63) is 11.4 Å². The number of carbonyl (C=O) groups excluding carboxylic acids is 1. The van der Waals surface area contributed by atoms with Gasteiger partial charge in [-0.2, -0.15) is 5.10 Å². The van der Waals surface area contributed by atoms with Crippen LogP contribution >= 0.6 is 10.7 Å². The number of amides is 1. The van der Waals surface area contributed by atoms with E-state index in [1.807, 2.05) is 0 Å². The Bertz CT molecular complexity index is 534. The van der Waals surface area contributed by atoms with Crippen LogP contribution in [0.5, 0.6) is 0 Å². The summed E-state index contributed by atoms with van der Waals surface area (Å²) in [6.07, 6.45) is 0. The van der Waals surface area contributed by atoms with Gasteiger partial charge in [-0.25, -0.2) is 8.42 Å². The first-order valence-corrected chi connectivity index (χ1v) is 7.21. The summed E-state index contributed by atoms with van der Waals surface area (Å²) in [7, 11) is 4.35. The Kier molecular flexibility index (Phi) is 3.83. The predicted octanol–water partition coefficient (Wildman–Crippen LogP) is 1.16. The number of nitrogens with one attached hydrogen (secondary N) is 1. The Labute approximate surface area is 104 Å². The third kappa shape index (κ3) is 2.78. The lowest BCUT2D eigenvalue weighted by atomic mass is 10.1. The zero-order chi connectivity index (χ0) is 13.4. The molecule has 0 spiro atoms. The average Bonchev–Trinajstić information content (AvgIpc) is 2.59. The molecule has 17 heavy (non-hydrogen) atoms. The minimum atomic E-state index is -4.01. The Morgan fingerprint density at radius 1 is 1.41 bits per heavy atom. The van der Waals surface area contributed by atoms with Crippen LogP contribution in [0, 0.1) is 0 Å². The van der Waals surface area contributed by atoms with E-state index in [0.717, 1.165) is 0 Å². The van der Waals surface area contributed by atoms with Crippen LogP contribution in [0.15, 0.2) is 4.90 Å². The normalized spacial score (nSPS) is 11.9. The number of hydrogen-bond acceptors (Lipinski definition) is 4. The topological polar surface area (TPSA) is 83.1 Å². The van der Waals surface area contributed by atoms with Crippen molar-refractivity contribution in [3.8, 4) is 0 Å². The zero-order valence-electron chi connectivity index (χ0n) is 9.98. The maximum Gasteiger partial charge on any atom is 0.275 e. The SMILES string of the molecule is CC(C)c1[nH]nc(C(=O)N(C)C)c1S(=O)(=O)Cl. The number of H-pyrrole nitrogens is 1. The summed E-state index contributed by atoms with van der Waals surface area (Å²) in [4.78, 5) is 12.8. The summed E-state index contributed by atoms with van der Waals surface area (Å²) in [6, 6.07) is 0. The van der Waals surface area contributed by atoms with E-state index in [-0.39, 0.29) is 16.5 Å². The summed E-state index contributed by atoms with van der Waals surface area (Å²) in [6.45, 7) is 3.56. The molecule has 0 aliphatic heterocycles. The molecular weight excluding hydrogens is 266 g/mol. The van der Waals surface area contributed by atoms with Crippen LogP contribution in [0.1, 0.15) is 35.9 Å². The van der Waals surface area contributed by atoms with E-state index in [9.17, 15) is 13.2 Å². The van der Waals surface area contributed by atoms with Gasteiger partial charge in [0.15, 0.2) is 5.69 Å². The summed E-state index contributed by atoms with van der Waals surface area (Å²) in [5.74, 6) is -0.637. The highest BCUT2D eigenvalue weighted by Crippen LogP contribution is 2.28. The van der Waals surface area contributed by atoms with Gasteiger partial charge in [0.1, 0.15) is 4.90 Å². The van der Waals surface area contributed by atoms with Gasteiger partial charge in [0.2, 0.25) is 0 Å². The minimum Gasteiger partial charge on any atom is -0.343 e. The van der Waals surface area contributed by atoms with Gasteiger partial charge in [-0.3, -0.25) is 9.89 Å². The Balaban J connectivity index is 3.50. The molecule has 96 valence electrons. The molecule has 0 aliphatic carbocycles. The molecule has 0 atom stereocenters. The van der Waals surface area contributed by atoms with Crippen LogP contribution in [0.3, 0.4) is 0 Å². The van der Waals surface area contributed by atoms with Gasteiger partial charge in [-0.15, -0.1) is 0 Å². The lowest BCUT2D eigenvalue weighted by molar-refractivity contribution is 0.0818. The molecule has 1 heterocycles. The lowest BCUT2D eigenvalue weighted by Crippen LogP contribution is -2.23. The van der Waals surface area contributed by atoms with Crippen LogP contribution < -0.4 is 0 Å². The summed E-state index contributed by atoms with van der Waals surface area (Å²) >= 11 is 0. The van der Waals surface area contributed by atoms with E-state index in [4.69, 9.17) is 10.7 Å². The fourth-order valence-corrected chi connectivity index (χ4v) is 2.72. The molecule has 8 heteroatoms. The second-order valence-corrected chi connectivity index (χ2v) is 6.61. The van der Waals surface area contributed by atoms with Gasteiger partial charge >= 0.3 is 0 Å². The molecule has 0 saturated heterocycles.